The lowest BCUT2D eigenvalue weighted by Gasteiger charge is -2.11. The summed E-state index contributed by atoms with van der Waals surface area (Å²) in [7, 11) is -4.84. The van der Waals surface area contributed by atoms with Gasteiger partial charge in [-0.1, -0.05) is 0 Å². The van der Waals surface area contributed by atoms with E-state index >= 15 is 0 Å². The number of alkyl halides is 2. The minimum absolute atomic E-state index is 0.270. The molecule has 6 nitrogen and oxygen atoms in total. The molecule has 1 N–H and O–H groups in total. The first-order chi connectivity index (χ1) is 12.8. The maximum absolute atomic E-state index is 12.8. The van der Waals surface area contributed by atoms with E-state index < -0.39 is 32.4 Å². The van der Waals surface area contributed by atoms with Crippen LogP contribution in [-0.4, -0.2) is 30.1 Å². The van der Waals surface area contributed by atoms with E-state index in [9.17, 15) is 22.0 Å². The fraction of sp³-hybridized carbons (Fsp3) is 0.188. The lowest BCUT2D eigenvalue weighted by molar-refractivity contribution is 0.0941. The first-order valence-corrected chi connectivity index (χ1v) is 10.9. The molecular formula is C16H13F2N3O3S3. The number of thiazole rings is 1. The van der Waals surface area contributed by atoms with E-state index in [1.165, 1.54) is 16.7 Å². The molecule has 142 valence electrons. The summed E-state index contributed by atoms with van der Waals surface area (Å²) < 4.78 is 49.0. The number of nitrogens with one attached hydrogen (secondary N) is 1. The van der Waals surface area contributed by atoms with Crippen molar-refractivity contribution in [3.63, 3.8) is 0 Å². The zero-order valence-corrected chi connectivity index (χ0v) is 16.2. The summed E-state index contributed by atoms with van der Waals surface area (Å²) >= 11 is 2.12. The molecule has 0 aliphatic carbocycles. The van der Waals surface area contributed by atoms with Gasteiger partial charge in [0, 0.05) is 23.3 Å². The van der Waals surface area contributed by atoms with Crippen molar-refractivity contribution in [2.75, 3.05) is 0 Å². The van der Waals surface area contributed by atoms with Crippen molar-refractivity contribution >= 4 is 38.4 Å². The van der Waals surface area contributed by atoms with Crippen LogP contribution in [0.2, 0.25) is 0 Å². The van der Waals surface area contributed by atoms with Gasteiger partial charge >= 0.3 is 5.76 Å². The smallest absolute Gasteiger partial charge is 0.341 e. The molecule has 3 aromatic rings. The Kier molecular flexibility index (Phi) is 5.63. The molecule has 0 saturated carbocycles. The molecule has 27 heavy (non-hydrogen) atoms. The number of hydrogen-bond acceptors (Lipinski definition) is 7. The van der Waals surface area contributed by atoms with Crippen molar-refractivity contribution in [2.24, 2.45) is 0 Å². The maximum atomic E-state index is 12.8. The fourth-order valence-corrected chi connectivity index (χ4v) is 5.15. The zero-order valence-electron chi connectivity index (χ0n) is 13.8. The molecule has 0 aliphatic heterocycles. The molecule has 0 bridgehead atoms. The minimum atomic E-state index is -4.84. The summed E-state index contributed by atoms with van der Waals surface area (Å²) in [6.07, 6.45) is 3.28. The van der Waals surface area contributed by atoms with Gasteiger partial charge in [-0.15, -0.1) is 22.7 Å². The number of thiophene rings is 1. The number of sulfone groups is 1. The Balaban J connectivity index is 1.78. The largest absolute Gasteiger partial charge is 0.342 e. The van der Waals surface area contributed by atoms with Crippen molar-refractivity contribution in [2.45, 2.75) is 23.6 Å². The standard InChI is InChI=1S/C16H13F2N3O3S3/c1-9(15-21-11(8-26-15)10-2-5-19-6-3-10)20-14(22)13-12(4-7-25-13)27(23,24)16(17)18/h2-9,16H,1H3,(H,20,22). The normalized spacial score (nSPS) is 12.9. The molecule has 11 heteroatoms. The van der Waals surface area contributed by atoms with Gasteiger partial charge in [-0.3, -0.25) is 9.78 Å². The summed E-state index contributed by atoms with van der Waals surface area (Å²) in [4.78, 5) is 19.9. The molecular weight excluding hydrogens is 416 g/mol. The van der Waals surface area contributed by atoms with Crippen LogP contribution in [0.5, 0.6) is 0 Å². The second-order valence-corrected chi connectivity index (χ2v) is 9.11. The highest BCUT2D eigenvalue weighted by atomic mass is 32.2. The van der Waals surface area contributed by atoms with Crippen LogP contribution < -0.4 is 5.32 Å². The SMILES string of the molecule is CC(NC(=O)c1sccc1S(=O)(=O)C(F)F)c1nc(-c2ccncc2)cs1. The zero-order chi connectivity index (χ0) is 19.6. The van der Waals surface area contributed by atoms with Crippen LogP contribution in [0.4, 0.5) is 8.78 Å². The van der Waals surface area contributed by atoms with Gasteiger partial charge < -0.3 is 5.32 Å². The molecule has 1 amide bonds. The molecule has 1 atom stereocenters. The molecule has 3 rings (SSSR count). The van der Waals surface area contributed by atoms with E-state index in [2.05, 4.69) is 15.3 Å². The van der Waals surface area contributed by atoms with Crippen molar-refractivity contribution in [1.82, 2.24) is 15.3 Å². The first kappa shape index (κ1) is 19.5. The van der Waals surface area contributed by atoms with Crippen LogP contribution in [0.15, 0.2) is 46.2 Å². The number of nitrogens with zero attached hydrogens (tertiary/aromatic N) is 2. The van der Waals surface area contributed by atoms with Crippen LogP contribution in [0.3, 0.4) is 0 Å². The second kappa shape index (κ2) is 7.79. The van der Waals surface area contributed by atoms with Gasteiger partial charge in [0.1, 0.15) is 9.88 Å². The van der Waals surface area contributed by atoms with Crippen molar-refractivity contribution in [1.29, 1.82) is 0 Å². The average Bonchev–Trinajstić information content (AvgIpc) is 3.32. The predicted molar refractivity (Wildman–Crippen MR) is 98.7 cm³/mol. The molecule has 0 aromatic carbocycles. The summed E-state index contributed by atoms with van der Waals surface area (Å²) in [6, 6.07) is 4.09. The minimum Gasteiger partial charge on any atom is -0.342 e. The number of amides is 1. The van der Waals surface area contributed by atoms with E-state index in [-0.39, 0.29) is 4.88 Å². The van der Waals surface area contributed by atoms with Gasteiger partial charge in [0.2, 0.25) is 9.84 Å². The Morgan fingerprint density at radius 2 is 1.89 bits per heavy atom. The number of halogens is 2. The second-order valence-electron chi connectivity index (χ2n) is 5.42. The van der Waals surface area contributed by atoms with Crippen LogP contribution >= 0.6 is 22.7 Å². The third kappa shape index (κ3) is 4.04. The third-order valence-corrected chi connectivity index (χ3v) is 7.08. The highest BCUT2D eigenvalue weighted by Crippen LogP contribution is 2.29. The quantitative estimate of drug-likeness (QED) is 0.645. The van der Waals surface area contributed by atoms with Crippen LogP contribution in [0, 0.1) is 0 Å². The highest BCUT2D eigenvalue weighted by Gasteiger charge is 2.32. The van der Waals surface area contributed by atoms with Crippen molar-refractivity contribution in [3.8, 4) is 11.3 Å². The number of carbonyl (C=O) groups excluding carboxylic acids is 1. The number of carbonyl (C=O) groups is 1. The molecule has 1 unspecified atom stereocenters. The van der Waals surface area contributed by atoms with Crippen LogP contribution in [0.25, 0.3) is 11.3 Å². The predicted octanol–water partition coefficient (Wildman–Crippen LogP) is 3.75. The van der Waals surface area contributed by atoms with E-state index in [4.69, 9.17) is 0 Å². The van der Waals surface area contributed by atoms with E-state index in [1.54, 1.807) is 31.5 Å². The average molecular weight is 429 g/mol. The van der Waals surface area contributed by atoms with Gasteiger partial charge in [-0.25, -0.2) is 13.4 Å². The van der Waals surface area contributed by atoms with Crippen molar-refractivity contribution in [3.05, 3.63) is 51.2 Å². The van der Waals surface area contributed by atoms with Gasteiger partial charge in [0.15, 0.2) is 0 Å². The third-order valence-electron chi connectivity index (χ3n) is 3.59. The Bertz CT molecular complexity index is 1050. The summed E-state index contributed by atoms with van der Waals surface area (Å²) in [6.45, 7) is 1.68. The lowest BCUT2D eigenvalue weighted by Crippen LogP contribution is -2.27. The number of pyridine rings is 1. The van der Waals surface area contributed by atoms with E-state index in [0.717, 1.165) is 28.7 Å². The molecule has 3 heterocycles. The van der Waals surface area contributed by atoms with Gasteiger partial charge in [0.25, 0.3) is 5.91 Å². The van der Waals surface area contributed by atoms with Gasteiger partial charge in [0.05, 0.1) is 16.6 Å². The summed E-state index contributed by atoms with van der Waals surface area (Å²) in [5.41, 5.74) is 1.59. The van der Waals surface area contributed by atoms with E-state index in [1.807, 2.05) is 5.38 Å². The Morgan fingerprint density at radius 1 is 1.19 bits per heavy atom. The topological polar surface area (TPSA) is 89.0 Å². The molecule has 3 aromatic heterocycles. The summed E-state index contributed by atoms with van der Waals surface area (Å²) in [5.74, 6) is -4.32. The van der Waals surface area contributed by atoms with Crippen molar-refractivity contribution < 1.29 is 22.0 Å². The molecule has 0 fully saturated rings. The Morgan fingerprint density at radius 3 is 2.56 bits per heavy atom. The molecule has 0 radical (unpaired) electrons. The highest BCUT2D eigenvalue weighted by molar-refractivity contribution is 7.92. The summed E-state index contributed by atoms with van der Waals surface area (Å²) in [5, 5.41) is 6.33. The Labute approximate surface area is 161 Å². The molecule has 0 aliphatic rings. The van der Waals surface area contributed by atoms with E-state index in [0.29, 0.717) is 5.01 Å². The first-order valence-electron chi connectivity index (χ1n) is 7.57. The van der Waals surface area contributed by atoms with Crippen LogP contribution in [0.1, 0.15) is 27.6 Å². The van der Waals surface area contributed by atoms with Gasteiger partial charge in [-0.05, 0) is 30.5 Å². The maximum Gasteiger partial charge on any atom is 0.341 e. The van der Waals surface area contributed by atoms with Crippen LogP contribution in [-0.2, 0) is 9.84 Å². The fourth-order valence-electron chi connectivity index (χ4n) is 2.25. The number of hydrogen-bond donors (Lipinski definition) is 1. The van der Waals surface area contributed by atoms with Gasteiger partial charge in [-0.2, -0.15) is 8.78 Å². The lowest BCUT2D eigenvalue weighted by atomic mass is 10.2. The monoisotopic (exact) mass is 429 g/mol. The number of aromatic nitrogens is 2. The Hall–Kier alpha value is -2.24. The molecule has 0 spiro atoms. The number of rotatable bonds is 6. The molecule has 0 saturated heterocycles.